The van der Waals surface area contributed by atoms with E-state index in [4.69, 9.17) is 0 Å². The molecule has 0 amide bonds. The van der Waals surface area contributed by atoms with Crippen LogP contribution in [0.3, 0.4) is 0 Å². The van der Waals surface area contributed by atoms with Gasteiger partial charge < -0.3 is 20.4 Å². The van der Waals surface area contributed by atoms with Crippen LogP contribution in [0.5, 0.6) is 0 Å². The van der Waals surface area contributed by atoms with Crippen LogP contribution in [0.2, 0.25) is 0 Å². The van der Waals surface area contributed by atoms with Gasteiger partial charge in [-0.05, 0) is 75.4 Å². The lowest BCUT2D eigenvalue weighted by Gasteiger charge is -2.56. The standard InChI is InChI=1S/C27H44O4S/c1-16(32-12-6-10-25(2,3)31)24-22(29)15-21-19-8-7-17-13-18(28)14-23(30)27(17,5)20(19)9-11-26(21,24)4/h7-8,16,18,20-24,28-31H,6,9-15H2,1-5H3/t16?,18?,20-,21-,22?,23?,24-,26-,27-/m0/s1. The number of aliphatic hydroxyl groups is 4. The molecule has 5 heteroatoms. The summed E-state index contributed by atoms with van der Waals surface area (Å²) >= 11 is 1.95. The van der Waals surface area contributed by atoms with Crippen molar-refractivity contribution in [2.75, 3.05) is 5.75 Å². The third kappa shape index (κ3) is 4.15. The Morgan fingerprint density at radius 1 is 1.12 bits per heavy atom. The fourth-order valence-electron chi connectivity index (χ4n) is 7.83. The smallest absolute Gasteiger partial charge is 0.0661 e. The monoisotopic (exact) mass is 464 g/mol. The number of hydrogen-bond donors (Lipinski definition) is 4. The van der Waals surface area contributed by atoms with Crippen LogP contribution >= 0.6 is 11.8 Å². The highest BCUT2D eigenvalue weighted by molar-refractivity contribution is 7.99. The summed E-state index contributed by atoms with van der Waals surface area (Å²) in [6.07, 6.45) is 9.07. The molecule has 4 rings (SSSR count). The van der Waals surface area contributed by atoms with Crippen molar-refractivity contribution in [3.05, 3.63) is 23.3 Å². The zero-order valence-corrected chi connectivity index (χ0v) is 21.4. The minimum atomic E-state index is -0.609. The molecule has 3 saturated carbocycles. The molecule has 4 nitrogen and oxygen atoms in total. The molecule has 0 aromatic heterocycles. The lowest BCUT2D eigenvalue weighted by molar-refractivity contribution is -0.0534. The van der Waals surface area contributed by atoms with Gasteiger partial charge in [0, 0.05) is 23.0 Å². The molecular weight excluding hydrogens is 420 g/mol. The van der Waals surface area contributed by atoms with Crippen molar-refractivity contribution >= 4 is 11.8 Å². The summed E-state index contributed by atoms with van der Waals surface area (Å²) in [4.78, 5) is 0. The van der Waals surface area contributed by atoms with E-state index in [1.807, 2.05) is 25.6 Å². The second-order valence-corrected chi connectivity index (χ2v) is 13.7. The van der Waals surface area contributed by atoms with Gasteiger partial charge in [0.1, 0.15) is 0 Å². The van der Waals surface area contributed by atoms with Crippen molar-refractivity contribution in [3.63, 3.8) is 0 Å². The first-order valence-electron chi connectivity index (χ1n) is 12.7. The van der Waals surface area contributed by atoms with Crippen LogP contribution in [-0.2, 0) is 0 Å². The molecule has 32 heavy (non-hydrogen) atoms. The molecule has 3 fully saturated rings. The van der Waals surface area contributed by atoms with E-state index in [2.05, 4.69) is 32.9 Å². The van der Waals surface area contributed by atoms with E-state index in [0.717, 1.165) is 37.9 Å². The van der Waals surface area contributed by atoms with Crippen LogP contribution in [0.4, 0.5) is 0 Å². The van der Waals surface area contributed by atoms with Crippen molar-refractivity contribution in [1.82, 2.24) is 0 Å². The Kier molecular flexibility index (Phi) is 6.75. The van der Waals surface area contributed by atoms with Gasteiger partial charge in [0.25, 0.3) is 0 Å². The molecule has 0 heterocycles. The molecular formula is C27H44O4S. The third-order valence-electron chi connectivity index (χ3n) is 9.58. The number of fused-ring (bicyclic) bond motifs is 5. The highest BCUT2D eigenvalue weighted by atomic mass is 32.2. The summed E-state index contributed by atoms with van der Waals surface area (Å²) in [6, 6.07) is 0. The molecule has 0 bridgehead atoms. The largest absolute Gasteiger partial charge is 0.393 e. The topological polar surface area (TPSA) is 80.9 Å². The van der Waals surface area contributed by atoms with Gasteiger partial charge in [0.15, 0.2) is 0 Å². The predicted molar refractivity (Wildman–Crippen MR) is 131 cm³/mol. The lowest BCUT2D eigenvalue weighted by Crippen LogP contribution is -2.52. The number of hydrogen-bond acceptors (Lipinski definition) is 5. The average molecular weight is 465 g/mol. The number of thioether (sulfide) groups is 1. The second kappa shape index (κ2) is 8.71. The van der Waals surface area contributed by atoms with E-state index in [9.17, 15) is 20.4 Å². The second-order valence-electron chi connectivity index (χ2n) is 12.2. The van der Waals surface area contributed by atoms with Crippen LogP contribution in [0.15, 0.2) is 23.3 Å². The van der Waals surface area contributed by atoms with Crippen LogP contribution in [0, 0.1) is 28.6 Å². The maximum absolute atomic E-state index is 11.2. The molecule has 182 valence electrons. The minimum Gasteiger partial charge on any atom is -0.393 e. The lowest BCUT2D eigenvalue weighted by atomic mass is 9.49. The van der Waals surface area contributed by atoms with Gasteiger partial charge in [-0.25, -0.2) is 0 Å². The summed E-state index contributed by atoms with van der Waals surface area (Å²) in [5.74, 6) is 1.94. The van der Waals surface area contributed by atoms with Crippen molar-refractivity contribution in [3.8, 4) is 0 Å². The molecule has 0 aromatic rings. The van der Waals surface area contributed by atoms with Crippen molar-refractivity contribution < 1.29 is 20.4 Å². The Bertz CT molecular complexity index is 770. The van der Waals surface area contributed by atoms with Gasteiger partial charge in [-0.15, -0.1) is 0 Å². The molecule has 4 aliphatic rings. The molecule has 0 aromatic carbocycles. The fraction of sp³-hybridized carbons (Fsp3) is 0.852. The zero-order valence-electron chi connectivity index (χ0n) is 20.6. The molecule has 0 aliphatic heterocycles. The summed E-state index contributed by atoms with van der Waals surface area (Å²) in [7, 11) is 0. The van der Waals surface area contributed by atoms with Crippen molar-refractivity contribution in [2.45, 2.75) is 109 Å². The molecule has 0 radical (unpaired) electrons. The van der Waals surface area contributed by atoms with E-state index >= 15 is 0 Å². The van der Waals surface area contributed by atoms with Crippen LogP contribution in [0.25, 0.3) is 0 Å². The van der Waals surface area contributed by atoms with Crippen molar-refractivity contribution in [1.29, 1.82) is 0 Å². The molecule has 4 aliphatic carbocycles. The summed E-state index contributed by atoms with van der Waals surface area (Å²) in [5.41, 5.74) is 1.81. The minimum absolute atomic E-state index is 0.0747. The highest BCUT2D eigenvalue weighted by Crippen LogP contribution is 2.66. The Balaban J connectivity index is 1.52. The Hall–Kier alpha value is -0.330. The van der Waals surface area contributed by atoms with Gasteiger partial charge in [-0.3, -0.25) is 0 Å². The number of aliphatic hydroxyl groups excluding tert-OH is 3. The van der Waals surface area contributed by atoms with Crippen molar-refractivity contribution in [2.24, 2.45) is 28.6 Å². The van der Waals surface area contributed by atoms with Gasteiger partial charge in [-0.2, -0.15) is 11.8 Å². The van der Waals surface area contributed by atoms with Gasteiger partial charge in [0.05, 0.1) is 23.9 Å². The Labute approximate surface area is 198 Å². The number of allylic oxidation sites excluding steroid dienone is 3. The molecule has 0 saturated heterocycles. The predicted octanol–water partition coefficient (Wildman–Crippen LogP) is 4.46. The zero-order chi connectivity index (χ0) is 23.5. The van der Waals surface area contributed by atoms with E-state index in [1.165, 1.54) is 11.1 Å². The van der Waals surface area contributed by atoms with Crippen LogP contribution in [-0.4, -0.2) is 55.3 Å². The Morgan fingerprint density at radius 2 is 1.84 bits per heavy atom. The molecule has 4 unspecified atom stereocenters. The Morgan fingerprint density at radius 3 is 2.53 bits per heavy atom. The average Bonchev–Trinajstić information content (AvgIpc) is 2.96. The summed E-state index contributed by atoms with van der Waals surface area (Å²) in [5, 5.41) is 42.9. The first-order chi connectivity index (χ1) is 14.9. The van der Waals surface area contributed by atoms with Crippen LogP contribution in [0.1, 0.15) is 79.6 Å². The SMILES string of the molecule is CC(SCCCC(C)(C)O)[C@H]1C(O)C[C@H]2C3=CC=C4CC(O)CC(O)[C@]4(C)[C@H]3CC[C@]12C. The van der Waals surface area contributed by atoms with E-state index < -0.39 is 17.8 Å². The maximum Gasteiger partial charge on any atom is 0.0661 e. The van der Waals surface area contributed by atoms with Gasteiger partial charge in [-0.1, -0.05) is 44.1 Å². The van der Waals surface area contributed by atoms with E-state index in [-0.39, 0.29) is 22.9 Å². The quantitative estimate of drug-likeness (QED) is 0.436. The highest BCUT2D eigenvalue weighted by Gasteiger charge is 2.61. The molecule has 0 spiro atoms. The first kappa shape index (κ1) is 24.8. The van der Waals surface area contributed by atoms with E-state index in [0.29, 0.717) is 29.9 Å². The number of rotatable bonds is 6. The van der Waals surface area contributed by atoms with Gasteiger partial charge in [0.2, 0.25) is 0 Å². The first-order valence-corrected chi connectivity index (χ1v) is 13.7. The summed E-state index contributed by atoms with van der Waals surface area (Å²) in [6.45, 7) is 10.6. The third-order valence-corrected chi connectivity index (χ3v) is 10.9. The van der Waals surface area contributed by atoms with Crippen LogP contribution < -0.4 is 0 Å². The molecule has 4 N–H and O–H groups in total. The summed E-state index contributed by atoms with van der Waals surface area (Å²) < 4.78 is 0. The van der Waals surface area contributed by atoms with E-state index in [1.54, 1.807) is 0 Å². The molecule has 9 atom stereocenters. The van der Waals surface area contributed by atoms with Gasteiger partial charge >= 0.3 is 0 Å². The fourth-order valence-corrected chi connectivity index (χ4v) is 9.21. The normalized spacial score (nSPS) is 44.8. The maximum atomic E-state index is 11.2.